The fraction of sp³-hybridized carbons (Fsp3) is 0.150. The molecule has 0 radical (unpaired) electrons. The van der Waals surface area contributed by atoms with Gasteiger partial charge in [0, 0.05) is 25.5 Å². The van der Waals surface area contributed by atoms with Gasteiger partial charge in [0.1, 0.15) is 5.82 Å². The molecule has 1 aromatic heterocycles. The number of amides is 1. The summed E-state index contributed by atoms with van der Waals surface area (Å²) in [5, 5.41) is 2.53. The van der Waals surface area contributed by atoms with Gasteiger partial charge in [-0.25, -0.2) is 14.4 Å². The highest BCUT2D eigenvalue weighted by atomic mass is 19.1. The van der Waals surface area contributed by atoms with E-state index in [0.29, 0.717) is 5.95 Å². The number of carbonyl (C=O) groups is 1. The molecule has 0 atom stereocenters. The van der Waals surface area contributed by atoms with Crippen molar-refractivity contribution in [2.75, 3.05) is 16.8 Å². The molecule has 1 aliphatic heterocycles. The van der Waals surface area contributed by atoms with Gasteiger partial charge in [-0.3, -0.25) is 4.79 Å². The molecule has 2 aromatic carbocycles. The number of benzene rings is 2. The summed E-state index contributed by atoms with van der Waals surface area (Å²) in [6.45, 7) is 1.58. The van der Waals surface area contributed by atoms with E-state index in [1.807, 2.05) is 12.1 Å². The van der Waals surface area contributed by atoms with Gasteiger partial charge in [-0.1, -0.05) is 36.4 Å². The number of anilines is 2. The number of nitrogens with zero attached hydrogens (tertiary/aromatic N) is 3. The molecule has 0 saturated carbocycles. The summed E-state index contributed by atoms with van der Waals surface area (Å²) in [4.78, 5) is 23.0. The first-order valence-corrected chi connectivity index (χ1v) is 8.40. The van der Waals surface area contributed by atoms with E-state index in [2.05, 4.69) is 32.3 Å². The summed E-state index contributed by atoms with van der Waals surface area (Å²) in [5.41, 5.74) is 3.04. The lowest BCUT2D eigenvalue weighted by molar-refractivity contribution is 0.102. The molecule has 6 heteroatoms. The van der Waals surface area contributed by atoms with Gasteiger partial charge in [0.05, 0.1) is 11.3 Å². The van der Waals surface area contributed by atoms with Crippen LogP contribution in [0.5, 0.6) is 0 Å². The Kier molecular flexibility index (Phi) is 4.31. The molecule has 2 heterocycles. The number of aromatic nitrogens is 2. The average molecular weight is 348 g/mol. The van der Waals surface area contributed by atoms with Crippen molar-refractivity contribution in [1.29, 1.82) is 0 Å². The minimum Gasteiger partial charge on any atom is -0.336 e. The molecule has 1 N–H and O–H groups in total. The predicted molar refractivity (Wildman–Crippen MR) is 97.6 cm³/mol. The van der Waals surface area contributed by atoms with Crippen LogP contribution in [-0.2, 0) is 13.0 Å². The lowest BCUT2D eigenvalue weighted by atomic mass is 10.0. The summed E-state index contributed by atoms with van der Waals surface area (Å²) < 4.78 is 13.6. The first-order valence-electron chi connectivity index (χ1n) is 8.40. The van der Waals surface area contributed by atoms with E-state index in [1.165, 1.54) is 35.7 Å². The Labute approximate surface area is 150 Å². The highest BCUT2D eigenvalue weighted by Gasteiger charge is 2.18. The minimum absolute atomic E-state index is 0.134. The molecule has 0 fully saturated rings. The molecule has 5 nitrogen and oxygen atoms in total. The van der Waals surface area contributed by atoms with E-state index < -0.39 is 11.7 Å². The summed E-state index contributed by atoms with van der Waals surface area (Å²) in [5.74, 6) is -0.335. The quantitative estimate of drug-likeness (QED) is 0.788. The van der Waals surface area contributed by atoms with Gasteiger partial charge in [0.25, 0.3) is 5.91 Å². The van der Waals surface area contributed by atoms with Gasteiger partial charge in [0.2, 0.25) is 5.95 Å². The molecule has 130 valence electrons. The molecule has 1 aliphatic rings. The fourth-order valence-electron chi connectivity index (χ4n) is 3.03. The van der Waals surface area contributed by atoms with E-state index in [-0.39, 0.29) is 11.3 Å². The first-order chi connectivity index (χ1) is 12.7. The number of fused-ring (bicyclic) bond motifs is 1. The third-order valence-electron chi connectivity index (χ3n) is 4.44. The van der Waals surface area contributed by atoms with Crippen LogP contribution < -0.4 is 10.2 Å². The Morgan fingerprint density at radius 3 is 2.46 bits per heavy atom. The number of para-hydroxylation sites is 1. The van der Waals surface area contributed by atoms with Crippen LogP contribution in [0.15, 0.2) is 60.9 Å². The molecule has 26 heavy (non-hydrogen) atoms. The molecule has 0 saturated heterocycles. The van der Waals surface area contributed by atoms with Gasteiger partial charge in [-0.2, -0.15) is 0 Å². The standard InChI is InChI=1S/C20H17FN4O/c21-17-7-3-4-8-18(17)24-19(26)16-11-22-20(23-12-16)25-10-9-14-5-1-2-6-15(14)13-25/h1-8,11-12H,9-10,13H2,(H,24,26). The maximum absolute atomic E-state index is 13.6. The lowest BCUT2D eigenvalue weighted by Gasteiger charge is -2.28. The smallest absolute Gasteiger partial charge is 0.258 e. The second kappa shape index (κ2) is 6.92. The van der Waals surface area contributed by atoms with E-state index in [0.717, 1.165) is 19.5 Å². The largest absolute Gasteiger partial charge is 0.336 e. The molecular formula is C20H17FN4O. The third kappa shape index (κ3) is 3.26. The van der Waals surface area contributed by atoms with Crippen LogP contribution in [0, 0.1) is 5.82 Å². The fourth-order valence-corrected chi connectivity index (χ4v) is 3.03. The second-order valence-corrected chi connectivity index (χ2v) is 6.15. The lowest BCUT2D eigenvalue weighted by Crippen LogP contribution is -2.31. The number of carbonyl (C=O) groups excluding carboxylic acids is 1. The van der Waals surface area contributed by atoms with Crippen molar-refractivity contribution in [1.82, 2.24) is 9.97 Å². The minimum atomic E-state index is -0.481. The van der Waals surface area contributed by atoms with Crippen molar-refractivity contribution < 1.29 is 9.18 Å². The van der Waals surface area contributed by atoms with Gasteiger partial charge in [0.15, 0.2) is 0 Å². The Hall–Kier alpha value is -3.28. The Morgan fingerprint density at radius 1 is 1.00 bits per heavy atom. The molecule has 0 spiro atoms. The number of hydrogen-bond acceptors (Lipinski definition) is 4. The SMILES string of the molecule is O=C(Nc1ccccc1F)c1cnc(N2CCc3ccccc3C2)nc1. The maximum Gasteiger partial charge on any atom is 0.258 e. The summed E-state index contributed by atoms with van der Waals surface area (Å²) in [7, 11) is 0. The monoisotopic (exact) mass is 348 g/mol. The van der Waals surface area contributed by atoms with Crippen LogP contribution in [0.2, 0.25) is 0 Å². The van der Waals surface area contributed by atoms with Crippen LogP contribution in [-0.4, -0.2) is 22.4 Å². The molecule has 0 bridgehead atoms. The topological polar surface area (TPSA) is 58.1 Å². The van der Waals surface area contributed by atoms with Crippen molar-refractivity contribution in [3.8, 4) is 0 Å². The second-order valence-electron chi connectivity index (χ2n) is 6.15. The average Bonchev–Trinajstić information content (AvgIpc) is 2.69. The number of hydrogen-bond donors (Lipinski definition) is 1. The number of nitrogens with one attached hydrogen (secondary N) is 1. The zero-order chi connectivity index (χ0) is 17.9. The summed E-state index contributed by atoms with van der Waals surface area (Å²) >= 11 is 0. The van der Waals surface area contributed by atoms with E-state index in [1.54, 1.807) is 12.1 Å². The van der Waals surface area contributed by atoms with E-state index >= 15 is 0 Å². The highest BCUT2D eigenvalue weighted by Crippen LogP contribution is 2.21. The van der Waals surface area contributed by atoms with Gasteiger partial charge >= 0.3 is 0 Å². The maximum atomic E-state index is 13.6. The highest BCUT2D eigenvalue weighted by molar-refractivity contribution is 6.03. The van der Waals surface area contributed by atoms with Crippen LogP contribution in [0.4, 0.5) is 16.0 Å². The van der Waals surface area contributed by atoms with Crippen molar-refractivity contribution >= 4 is 17.5 Å². The van der Waals surface area contributed by atoms with Crippen molar-refractivity contribution in [3.63, 3.8) is 0 Å². The Balaban J connectivity index is 1.47. The van der Waals surface area contributed by atoms with Crippen LogP contribution in [0.3, 0.4) is 0 Å². The zero-order valence-electron chi connectivity index (χ0n) is 14.0. The molecule has 0 unspecified atom stereocenters. The van der Waals surface area contributed by atoms with Crippen LogP contribution >= 0.6 is 0 Å². The van der Waals surface area contributed by atoms with E-state index in [9.17, 15) is 9.18 Å². The summed E-state index contributed by atoms with van der Waals surface area (Å²) in [6.07, 6.45) is 3.88. The van der Waals surface area contributed by atoms with Crippen molar-refractivity contribution in [2.45, 2.75) is 13.0 Å². The molecule has 3 aromatic rings. The Bertz CT molecular complexity index is 943. The van der Waals surface area contributed by atoms with Gasteiger partial charge < -0.3 is 10.2 Å². The van der Waals surface area contributed by atoms with Crippen molar-refractivity contribution in [3.05, 3.63) is 83.4 Å². The molecule has 0 aliphatic carbocycles. The zero-order valence-corrected chi connectivity index (χ0v) is 14.0. The van der Waals surface area contributed by atoms with Crippen molar-refractivity contribution in [2.24, 2.45) is 0 Å². The predicted octanol–water partition coefficient (Wildman–Crippen LogP) is 3.43. The molecule has 4 rings (SSSR count). The normalized spacial score (nSPS) is 13.2. The van der Waals surface area contributed by atoms with Gasteiger partial charge in [-0.05, 0) is 29.7 Å². The van der Waals surface area contributed by atoms with Gasteiger partial charge in [-0.15, -0.1) is 0 Å². The number of halogens is 1. The Morgan fingerprint density at radius 2 is 1.69 bits per heavy atom. The first kappa shape index (κ1) is 16.2. The van der Waals surface area contributed by atoms with Crippen LogP contribution in [0.25, 0.3) is 0 Å². The molecular weight excluding hydrogens is 331 g/mol. The van der Waals surface area contributed by atoms with Crippen LogP contribution in [0.1, 0.15) is 21.5 Å². The summed E-state index contributed by atoms with van der Waals surface area (Å²) in [6, 6.07) is 14.4. The third-order valence-corrected chi connectivity index (χ3v) is 4.44. The van der Waals surface area contributed by atoms with E-state index in [4.69, 9.17) is 0 Å². The molecule has 1 amide bonds. The number of rotatable bonds is 3.